The van der Waals surface area contributed by atoms with Gasteiger partial charge in [0.1, 0.15) is 0 Å². The number of nitrogens with one attached hydrogen (secondary N) is 1. The van der Waals surface area contributed by atoms with Gasteiger partial charge in [0.2, 0.25) is 5.82 Å². The number of halogens is 1. The second kappa shape index (κ2) is 6.01. The highest BCUT2D eigenvalue weighted by Crippen LogP contribution is 2.23. The van der Waals surface area contributed by atoms with Crippen molar-refractivity contribution in [3.8, 4) is 0 Å². The molecule has 1 N–H and O–H groups in total. The summed E-state index contributed by atoms with van der Waals surface area (Å²) in [6.07, 6.45) is 1.07. The molecule has 1 aliphatic rings. The van der Waals surface area contributed by atoms with Gasteiger partial charge in [-0.25, -0.2) is 0 Å². The van der Waals surface area contributed by atoms with Crippen LogP contribution in [-0.4, -0.2) is 28.9 Å². The number of hydrogen-bond acceptors (Lipinski definition) is 4. The molecule has 1 atom stereocenters. The molecule has 1 amide bonds. The van der Waals surface area contributed by atoms with E-state index in [1.165, 1.54) is 6.07 Å². The largest absolute Gasteiger partial charge is 0.352 e. The van der Waals surface area contributed by atoms with Crippen LogP contribution in [0.15, 0.2) is 18.2 Å². The maximum atomic E-state index is 13.4. The van der Waals surface area contributed by atoms with Crippen molar-refractivity contribution >= 4 is 23.4 Å². The molecule has 102 valence electrons. The average Bonchev–Trinajstić information content (AvgIpc) is 2.88. The number of nitro groups is 1. The van der Waals surface area contributed by atoms with E-state index in [1.54, 1.807) is 0 Å². The normalized spacial score (nSPS) is 18.3. The number of thioether (sulfide) groups is 1. The predicted octanol–water partition coefficient (Wildman–Crippen LogP) is 2.22. The summed E-state index contributed by atoms with van der Waals surface area (Å²) in [5.41, 5.74) is -0.516. The molecular formula is C12H13FN2O3S. The number of benzene rings is 1. The number of amides is 1. The summed E-state index contributed by atoms with van der Waals surface area (Å²) < 4.78 is 13.4. The van der Waals surface area contributed by atoms with Crippen molar-refractivity contribution in [2.45, 2.75) is 6.42 Å². The van der Waals surface area contributed by atoms with Gasteiger partial charge in [-0.15, -0.1) is 0 Å². The second-order valence-corrected chi connectivity index (χ2v) is 5.51. The van der Waals surface area contributed by atoms with Crippen LogP contribution < -0.4 is 5.32 Å². The molecule has 0 saturated carbocycles. The Morgan fingerprint density at radius 3 is 2.95 bits per heavy atom. The van der Waals surface area contributed by atoms with Crippen LogP contribution in [0.25, 0.3) is 0 Å². The molecule has 1 aliphatic heterocycles. The van der Waals surface area contributed by atoms with E-state index in [9.17, 15) is 19.3 Å². The molecule has 0 spiro atoms. The lowest BCUT2D eigenvalue weighted by atomic mass is 10.1. The van der Waals surface area contributed by atoms with Gasteiger partial charge in [0.05, 0.1) is 4.92 Å². The quantitative estimate of drug-likeness (QED) is 0.679. The van der Waals surface area contributed by atoms with E-state index in [-0.39, 0.29) is 5.56 Å². The zero-order chi connectivity index (χ0) is 13.8. The molecule has 0 bridgehead atoms. The first-order valence-corrected chi connectivity index (χ1v) is 7.03. The molecule has 19 heavy (non-hydrogen) atoms. The number of hydrogen-bond donors (Lipinski definition) is 1. The lowest BCUT2D eigenvalue weighted by molar-refractivity contribution is -0.387. The van der Waals surface area contributed by atoms with Crippen molar-refractivity contribution in [2.24, 2.45) is 5.92 Å². The fraction of sp³-hybridized carbons (Fsp3) is 0.417. The highest BCUT2D eigenvalue weighted by Gasteiger charge is 2.19. The van der Waals surface area contributed by atoms with Crippen LogP contribution in [0.1, 0.15) is 16.8 Å². The third kappa shape index (κ3) is 3.44. The van der Waals surface area contributed by atoms with Crippen LogP contribution in [-0.2, 0) is 0 Å². The molecule has 1 unspecified atom stereocenters. The summed E-state index contributed by atoms with van der Waals surface area (Å²) in [5.74, 6) is 1.19. The van der Waals surface area contributed by atoms with Crippen molar-refractivity contribution in [3.63, 3.8) is 0 Å². The number of nitrogens with zero attached hydrogens (tertiary/aromatic N) is 1. The highest BCUT2D eigenvalue weighted by molar-refractivity contribution is 7.99. The van der Waals surface area contributed by atoms with E-state index in [0.29, 0.717) is 12.5 Å². The average molecular weight is 284 g/mol. The van der Waals surface area contributed by atoms with E-state index >= 15 is 0 Å². The van der Waals surface area contributed by atoms with Crippen LogP contribution in [0, 0.1) is 21.8 Å². The highest BCUT2D eigenvalue weighted by atomic mass is 32.2. The van der Waals surface area contributed by atoms with E-state index in [0.717, 1.165) is 30.1 Å². The first-order valence-electron chi connectivity index (χ1n) is 5.88. The molecule has 0 aromatic heterocycles. The van der Waals surface area contributed by atoms with Crippen LogP contribution in [0.4, 0.5) is 10.1 Å². The SMILES string of the molecule is O=C(NCC1CCSC1)c1ccc([N+](=O)[O-])c(F)c1. The maximum absolute atomic E-state index is 13.4. The Hall–Kier alpha value is -1.63. The van der Waals surface area contributed by atoms with Gasteiger partial charge >= 0.3 is 5.69 Å². The van der Waals surface area contributed by atoms with Crippen LogP contribution in [0.2, 0.25) is 0 Å². The third-order valence-electron chi connectivity index (χ3n) is 2.98. The summed E-state index contributed by atoms with van der Waals surface area (Å²) in [6.45, 7) is 0.560. The zero-order valence-corrected chi connectivity index (χ0v) is 10.9. The molecule has 0 radical (unpaired) electrons. The van der Waals surface area contributed by atoms with Crippen LogP contribution in [0.3, 0.4) is 0 Å². The number of rotatable bonds is 4. The fourth-order valence-corrected chi connectivity index (χ4v) is 3.16. The van der Waals surface area contributed by atoms with Gasteiger partial charge in [-0.05, 0) is 36.0 Å². The smallest absolute Gasteiger partial charge is 0.304 e. The Morgan fingerprint density at radius 2 is 2.37 bits per heavy atom. The van der Waals surface area contributed by atoms with Gasteiger partial charge in [-0.1, -0.05) is 0 Å². The molecule has 1 aromatic carbocycles. The molecule has 1 saturated heterocycles. The van der Waals surface area contributed by atoms with Crippen molar-refractivity contribution in [1.82, 2.24) is 5.32 Å². The maximum Gasteiger partial charge on any atom is 0.304 e. The second-order valence-electron chi connectivity index (χ2n) is 4.36. The molecule has 0 aliphatic carbocycles. The monoisotopic (exact) mass is 284 g/mol. The first kappa shape index (κ1) is 13.8. The van der Waals surface area contributed by atoms with E-state index in [1.807, 2.05) is 11.8 Å². The molecule has 1 aromatic rings. The molecular weight excluding hydrogens is 271 g/mol. The lowest BCUT2D eigenvalue weighted by Gasteiger charge is -2.10. The Morgan fingerprint density at radius 1 is 1.58 bits per heavy atom. The van der Waals surface area contributed by atoms with E-state index in [4.69, 9.17) is 0 Å². The lowest BCUT2D eigenvalue weighted by Crippen LogP contribution is -2.29. The van der Waals surface area contributed by atoms with Gasteiger partial charge in [-0.3, -0.25) is 14.9 Å². The van der Waals surface area contributed by atoms with Crippen molar-refractivity contribution in [2.75, 3.05) is 18.1 Å². The summed E-state index contributed by atoms with van der Waals surface area (Å²) in [7, 11) is 0. The number of carbonyl (C=O) groups excluding carboxylic acids is 1. The topological polar surface area (TPSA) is 72.2 Å². The third-order valence-corrected chi connectivity index (χ3v) is 4.21. The molecule has 1 heterocycles. The van der Waals surface area contributed by atoms with E-state index < -0.39 is 22.3 Å². The van der Waals surface area contributed by atoms with Crippen molar-refractivity contribution < 1.29 is 14.1 Å². The summed E-state index contributed by atoms with van der Waals surface area (Å²) in [5, 5.41) is 13.2. The van der Waals surface area contributed by atoms with Crippen molar-refractivity contribution in [3.05, 3.63) is 39.7 Å². The molecule has 5 nitrogen and oxygen atoms in total. The van der Waals surface area contributed by atoms with Crippen LogP contribution >= 0.6 is 11.8 Å². The Labute approximate surface area is 113 Å². The predicted molar refractivity (Wildman–Crippen MR) is 70.8 cm³/mol. The summed E-state index contributed by atoms with van der Waals surface area (Å²) >= 11 is 1.85. The molecule has 7 heteroatoms. The zero-order valence-electron chi connectivity index (χ0n) is 10.1. The Bertz CT molecular complexity index is 504. The van der Waals surface area contributed by atoms with Crippen molar-refractivity contribution in [1.29, 1.82) is 0 Å². The minimum Gasteiger partial charge on any atom is -0.352 e. The minimum absolute atomic E-state index is 0.105. The first-order chi connectivity index (χ1) is 9.08. The Balaban J connectivity index is 1.98. The Kier molecular flexibility index (Phi) is 4.36. The van der Waals surface area contributed by atoms with Gasteiger partial charge < -0.3 is 5.32 Å². The van der Waals surface area contributed by atoms with Gasteiger partial charge in [0, 0.05) is 18.2 Å². The fourth-order valence-electron chi connectivity index (χ4n) is 1.88. The number of carbonyl (C=O) groups is 1. The van der Waals surface area contributed by atoms with E-state index in [2.05, 4.69) is 5.32 Å². The standard InChI is InChI=1S/C12H13FN2O3S/c13-10-5-9(1-2-11(10)15(17)18)12(16)14-6-8-3-4-19-7-8/h1-2,5,8H,3-4,6-7H2,(H,14,16). The number of nitro benzene ring substituents is 1. The molecule has 1 fully saturated rings. The van der Waals surface area contributed by atoms with Gasteiger partial charge in [0.25, 0.3) is 5.91 Å². The summed E-state index contributed by atoms with van der Waals surface area (Å²) in [6, 6.07) is 3.17. The minimum atomic E-state index is -0.992. The summed E-state index contributed by atoms with van der Waals surface area (Å²) in [4.78, 5) is 21.4. The van der Waals surface area contributed by atoms with Crippen LogP contribution in [0.5, 0.6) is 0 Å². The van der Waals surface area contributed by atoms with Gasteiger partial charge in [0.15, 0.2) is 0 Å². The molecule has 2 rings (SSSR count). The van der Waals surface area contributed by atoms with Gasteiger partial charge in [-0.2, -0.15) is 16.2 Å².